The van der Waals surface area contributed by atoms with Crippen molar-refractivity contribution in [2.24, 2.45) is 0 Å². The summed E-state index contributed by atoms with van der Waals surface area (Å²) in [5.74, 6) is 0.585. The van der Waals surface area contributed by atoms with E-state index in [4.69, 9.17) is 10.5 Å². The number of ether oxygens (including phenoxy) is 1. The Morgan fingerprint density at radius 1 is 1.45 bits per heavy atom. The summed E-state index contributed by atoms with van der Waals surface area (Å²) in [5, 5.41) is 3.06. The summed E-state index contributed by atoms with van der Waals surface area (Å²) in [7, 11) is 0. The molecule has 2 aromatic rings. The van der Waals surface area contributed by atoms with Gasteiger partial charge in [-0.3, -0.25) is 9.59 Å². The largest absolute Gasteiger partial charge is 0.492 e. The van der Waals surface area contributed by atoms with Crippen molar-refractivity contribution in [3.05, 3.63) is 40.7 Å². The molecule has 0 fully saturated rings. The van der Waals surface area contributed by atoms with Crippen molar-refractivity contribution in [3.63, 3.8) is 0 Å². The molecule has 0 spiro atoms. The lowest BCUT2D eigenvalue weighted by Gasteiger charge is -2.10. The lowest BCUT2D eigenvalue weighted by Crippen LogP contribution is -2.16. The number of carbonyl (C=O) groups is 1. The summed E-state index contributed by atoms with van der Waals surface area (Å²) in [5.41, 5.74) is 5.73. The van der Waals surface area contributed by atoms with Crippen molar-refractivity contribution in [2.75, 3.05) is 23.4 Å². The first-order valence-corrected chi connectivity index (χ1v) is 7.58. The fourth-order valence-corrected chi connectivity index (χ4v) is 2.38. The van der Waals surface area contributed by atoms with Crippen molar-refractivity contribution in [2.45, 2.75) is 12.1 Å². The Bertz CT molecular complexity index is 717. The van der Waals surface area contributed by atoms with Crippen LogP contribution in [0, 0.1) is 0 Å². The van der Waals surface area contributed by atoms with E-state index >= 15 is 0 Å². The van der Waals surface area contributed by atoms with Crippen LogP contribution in [0.2, 0.25) is 0 Å². The molecule has 116 valence electrons. The zero-order valence-electron chi connectivity index (χ0n) is 12.0. The van der Waals surface area contributed by atoms with Gasteiger partial charge in [-0.25, -0.2) is 4.98 Å². The van der Waals surface area contributed by atoms with E-state index in [-0.39, 0.29) is 23.0 Å². The number of nitrogen functional groups attached to an aromatic ring is 1. The number of H-pyrrole nitrogens is 1. The SMILES string of the molecule is CCOc1ccccc1NC(=O)CSc1nc(N)cc(=O)[nH]1. The molecular weight excluding hydrogens is 304 g/mol. The van der Waals surface area contributed by atoms with Gasteiger partial charge in [0.2, 0.25) is 5.91 Å². The Kier molecular flexibility index (Phi) is 5.42. The van der Waals surface area contributed by atoms with Crippen LogP contribution in [0.5, 0.6) is 5.75 Å². The number of hydrogen-bond acceptors (Lipinski definition) is 6. The highest BCUT2D eigenvalue weighted by Crippen LogP contribution is 2.24. The molecule has 0 radical (unpaired) electrons. The molecule has 8 heteroatoms. The maximum Gasteiger partial charge on any atom is 0.253 e. The number of nitrogens with two attached hydrogens (primary N) is 1. The van der Waals surface area contributed by atoms with E-state index in [1.165, 1.54) is 6.07 Å². The summed E-state index contributed by atoms with van der Waals surface area (Å²) in [6.07, 6.45) is 0. The molecule has 22 heavy (non-hydrogen) atoms. The number of carbonyl (C=O) groups excluding carboxylic acids is 1. The van der Waals surface area contributed by atoms with Crippen LogP contribution in [-0.2, 0) is 4.79 Å². The number of para-hydroxylation sites is 2. The lowest BCUT2D eigenvalue weighted by atomic mass is 10.3. The summed E-state index contributed by atoms with van der Waals surface area (Å²) < 4.78 is 5.43. The van der Waals surface area contributed by atoms with E-state index in [1.807, 2.05) is 19.1 Å². The van der Waals surface area contributed by atoms with Crippen LogP contribution < -0.4 is 21.3 Å². The normalized spacial score (nSPS) is 10.2. The standard InChI is InChI=1S/C14H16N4O3S/c1-2-21-10-6-4-3-5-9(10)16-13(20)8-22-14-17-11(15)7-12(19)18-14/h3-7H,2,8H2,1H3,(H,16,20)(H3,15,17,18,19). The molecular formula is C14H16N4O3S. The first-order chi connectivity index (χ1) is 10.6. The molecule has 4 N–H and O–H groups in total. The third kappa shape index (κ3) is 4.52. The molecule has 0 aliphatic carbocycles. The minimum absolute atomic E-state index is 0.0901. The Hall–Kier alpha value is -2.48. The number of nitrogens with one attached hydrogen (secondary N) is 2. The van der Waals surface area contributed by atoms with E-state index in [0.29, 0.717) is 23.2 Å². The van der Waals surface area contributed by atoms with Gasteiger partial charge in [0.1, 0.15) is 11.6 Å². The number of amides is 1. The maximum absolute atomic E-state index is 12.0. The van der Waals surface area contributed by atoms with Crippen LogP contribution in [0.3, 0.4) is 0 Å². The van der Waals surface area contributed by atoms with Crippen LogP contribution >= 0.6 is 11.8 Å². The van der Waals surface area contributed by atoms with Gasteiger partial charge < -0.3 is 20.8 Å². The molecule has 1 aromatic heterocycles. The molecule has 7 nitrogen and oxygen atoms in total. The highest BCUT2D eigenvalue weighted by Gasteiger charge is 2.09. The van der Waals surface area contributed by atoms with Gasteiger partial charge in [-0.05, 0) is 19.1 Å². The van der Waals surface area contributed by atoms with Crippen molar-refractivity contribution >= 4 is 29.2 Å². The van der Waals surface area contributed by atoms with Gasteiger partial charge in [0.25, 0.3) is 5.56 Å². The van der Waals surface area contributed by atoms with Gasteiger partial charge in [-0.2, -0.15) is 0 Å². The second-order valence-electron chi connectivity index (χ2n) is 4.24. The lowest BCUT2D eigenvalue weighted by molar-refractivity contribution is -0.113. The number of nitrogens with zero attached hydrogens (tertiary/aromatic N) is 1. The van der Waals surface area contributed by atoms with E-state index in [0.717, 1.165) is 11.8 Å². The molecule has 1 amide bonds. The average molecular weight is 320 g/mol. The Balaban J connectivity index is 1.97. The fraction of sp³-hybridized carbons (Fsp3) is 0.214. The topological polar surface area (TPSA) is 110 Å². The Morgan fingerprint density at radius 3 is 2.95 bits per heavy atom. The molecule has 0 saturated carbocycles. The number of rotatable bonds is 6. The predicted molar refractivity (Wildman–Crippen MR) is 86.2 cm³/mol. The smallest absolute Gasteiger partial charge is 0.253 e. The molecule has 0 aliphatic rings. The fourth-order valence-electron chi connectivity index (χ4n) is 1.69. The van der Waals surface area contributed by atoms with E-state index < -0.39 is 0 Å². The van der Waals surface area contributed by atoms with Crippen molar-refractivity contribution in [1.82, 2.24) is 9.97 Å². The van der Waals surface area contributed by atoms with Gasteiger partial charge >= 0.3 is 0 Å². The van der Waals surface area contributed by atoms with E-state index in [9.17, 15) is 9.59 Å². The van der Waals surface area contributed by atoms with Crippen molar-refractivity contribution < 1.29 is 9.53 Å². The van der Waals surface area contributed by atoms with E-state index in [2.05, 4.69) is 15.3 Å². The number of aromatic nitrogens is 2. The van der Waals surface area contributed by atoms with Crippen LogP contribution in [0.15, 0.2) is 40.3 Å². The quantitative estimate of drug-likeness (QED) is 0.549. The molecule has 0 unspecified atom stereocenters. The van der Waals surface area contributed by atoms with Crippen LogP contribution in [-0.4, -0.2) is 28.2 Å². The molecule has 0 atom stereocenters. The van der Waals surface area contributed by atoms with Crippen LogP contribution in [0.4, 0.5) is 11.5 Å². The van der Waals surface area contributed by atoms with Gasteiger partial charge in [0, 0.05) is 6.07 Å². The van der Waals surface area contributed by atoms with Crippen molar-refractivity contribution in [3.8, 4) is 5.75 Å². The van der Waals surface area contributed by atoms with Crippen molar-refractivity contribution in [1.29, 1.82) is 0 Å². The highest BCUT2D eigenvalue weighted by molar-refractivity contribution is 7.99. The van der Waals surface area contributed by atoms with Gasteiger partial charge in [-0.15, -0.1) is 0 Å². The third-order valence-electron chi connectivity index (χ3n) is 2.54. The minimum atomic E-state index is -0.350. The molecule has 2 rings (SSSR count). The first kappa shape index (κ1) is 15.9. The summed E-state index contributed by atoms with van der Waals surface area (Å²) >= 11 is 1.10. The third-order valence-corrected chi connectivity index (χ3v) is 3.41. The number of anilines is 2. The summed E-state index contributed by atoms with van der Waals surface area (Å²) in [6, 6.07) is 8.36. The molecule has 0 bridgehead atoms. The number of benzene rings is 1. The zero-order valence-corrected chi connectivity index (χ0v) is 12.8. The van der Waals surface area contributed by atoms with Gasteiger partial charge in [0.05, 0.1) is 18.0 Å². The van der Waals surface area contributed by atoms with Gasteiger partial charge in [0.15, 0.2) is 5.16 Å². The maximum atomic E-state index is 12.0. The molecule has 0 saturated heterocycles. The molecule has 0 aliphatic heterocycles. The Labute approximate surface area is 131 Å². The number of thioether (sulfide) groups is 1. The number of aromatic amines is 1. The minimum Gasteiger partial charge on any atom is -0.492 e. The van der Waals surface area contributed by atoms with Crippen LogP contribution in [0.25, 0.3) is 0 Å². The highest BCUT2D eigenvalue weighted by atomic mass is 32.2. The monoisotopic (exact) mass is 320 g/mol. The van der Waals surface area contributed by atoms with Crippen LogP contribution in [0.1, 0.15) is 6.92 Å². The summed E-state index contributed by atoms with van der Waals surface area (Å²) in [6.45, 7) is 2.38. The molecule has 1 aromatic carbocycles. The molecule has 1 heterocycles. The zero-order chi connectivity index (χ0) is 15.9. The Morgan fingerprint density at radius 2 is 2.23 bits per heavy atom. The number of hydrogen-bond donors (Lipinski definition) is 3. The second kappa shape index (κ2) is 7.51. The predicted octanol–water partition coefficient (Wildman–Crippen LogP) is 1.48. The summed E-state index contributed by atoms with van der Waals surface area (Å²) in [4.78, 5) is 29.7. The van der Waals surface area contributed by atoms with E-state index in [1.54, 1.807) is 12.1 Å². The first-order valence-electron chi connectivity index (χ1n) is 6.60. The second-order valence-corrected chi connectivity index (χ2v) is 5.21. The average Bonchev–Trinajstić information content (AvgIpc) is 2.46. The van der Waals surface area contributed by atoms with Gasteiger partial charge in [-0.1, -0.05) is 23.9 Å².